The topological polar surface area (TPSA) is 93.4 Å². The van der Waals surface area contributed by atoms with Crippen LogP contribution in [0, 0.1) is 18.3 Å². The molecule has 0 radical (unpaired) electrons. The number of benzene rings is 1. The lowest BCUT2D eigenvalue weighted by molar-refractivity contribution is 0.305. The van der Waals surface area contributed by atoms with Crippen LogP contribution in [0.15, 0.2) is 47.2 Å². The number of aryl methyl sites for hydroxylation is 1. The molecular formula is C17H12N6O. The molecule has 0 saturated carbocycles. The van der Waals surface area contributed by atoms with Crippen LogP contribution in [0.4, 0.5) is 0 Å². The van der Waals surface area contributed by atoms with Crippen LogP contribution in [0.2, 0.25) is 0 Å². The second kappa shape index (κ2) is 5.59. The first kappa shape index (κ1) is 14.1. The third-order valence-corrected chi connectivity index (χ3v) is 3.84. The Morgan fingerprint density at radius 2 is 2.04 bits per heavy atom. The third-order valence-electron chi connectivity index (χ3n) is 3.84. The predicted molar refractivity (Wildman–Crippen MR) is 85.8 cm³/mol. The van der Waals surface area contributed by atoms with E-state index < -0.39 is 0 Å². The van der Waals surface area contributed by atoms with Crippen LogP contribution in [-0.4, -0.2) is 24.8 Å². The standard InChI is InChI=1S/C17H12N6O/c1-11-16(22-24-21-11)17-20-13-6-2-3-7-15(13)23(17)10-12-5-4-8-19-14(12)9-18/h2-8H,10H2,1H3. The highest BCUT2D eigenvalue weighted by atomic mass is 16.6. The van der Waals surface area contributed by atoms with Gasteiger partial charge in [0.05, 0.1) is 17.6 Å². The van der Waals surface area contributed by atoms with Gasteiger partial charge >= 0.3 is 0 Å². The van der Waals surface area contributed by atoms with Gasteiger partial charge in [0.15, 0.2) is 11.5 Å². The van der Waals surface area contributed by atoms with Crippen LogP contribution < -0.4 is 0 Å². The third kappa shape index (κ3) is 2.21. The summed E-state index contributed by atoms with van der Waals surface area (Å²) in [5.41, 5.74) is 4.27. The van der Waals surface area contributed by atoms with Crippen molar-refractivity contribution in [1.82, 2.24) is 24.8 Å². The van der Waals surface area contributed by atoms with E-state index in [1.165, 1.54) is 0 Å². The van der Waals surface area contributed by atoms with Crippen LogP contribution in [0.1, 0.15) is 17.0 Å². The summed E-state index contributed by atoms with van der Waals surface area (Å²) in [4.78, 5) is 8.79. The number of aromatic nitrogens is 5. The van der Waals surface area contributed by atoms with Crippen molar-refractivity contribution in [3.63, 3.8) is 0 Å². The average molecular weight is 316 g/mol. The second-order valence-electron chi connectivity index (χ2n) is 5.33. The van der Waals surface area contributed by atoms with Gasteiger partial charge in [-0.3, -0.25) is 0 Å². The Labute approximate surface area is 137 Å². The van der Waals surface area contributed by atoms with Crippen LogP contribution >= 0.6 is 0 Å². The smallest absolute Gasteiger partial charge is 0.173 e. The van der Waals surface area contributed by atoms with Crippen molar-refractivity contribution in [2.24, 2.45) is 0 Å². The minimum Gasteiger partial charge on any atom is -0.318 e. The number of imidazole rings is 1. The number of fused-ring (bicyclic) bond motifs is 1. The quantitative estimate of drug-likeness (QED) is 0.577. The lowest BCUT2D eigenvalue weighted by atomic mass is 10.2. The minimum atomic E-state index is 0.399. The molecule has 1 aromatic carbocycles. The largest absolute Gasteiger partial charge is 0.318 e. The first-order valence-corrected chi connectivity index (χ1v) is 7.36. The molecule has 7 nitrogen and oxygen atoms in total. The molecule has 4 aromatic rings. The highest BCUT2D eigenvalue weighted by molar-refractivity contribution is 5.80. The summed E-state index contributed by atoms with van der Waals surface area (Å²) in [5, 5.41) is 17.1. The zero-order valence-electron chi connectivity index (χ0n) is 12.8. The lowest BCUT2D eigenvalue weighted by Gasteiger charge is -2.09. The molecule has 0 unspecified atom stereocenters. The first-order chi connectivity index (χ1) is 11.8. The number of hydrogen-bond donors (Lipinski definition) is 0. The van der Waals surface area contributed by atoms with E-state index in [4.69, 9.17) is 4.63 Å². The van der Waals surface area contributed by atoms with E-state index in [1.807, 2.05) is 47.9 Å². The number of nitriles is 1. The molecule has 4 rings (SSSR count). The van der Waals surface area contributed by atoms with Gasteiger partial charge in [-0.2, -0.15) is 5.26 Å². The summed E-state index contributed by atoms with van der Waals surface area (Å²) in [6.07, 6.45) is 1.61. The highest BCUT2D eigenvalue weighted by Crippen LogP contribution is 2.26. The van der Waals surface area contributed by atoms with Gasteiger partial charge < -0.3 is 4.57 Å². The van der Waals surface area contributed by atoms with Crippen LogP contribution in [0.5, 0.6) is 0 Å². The molecule has 3 heterocycles. The monoisotopic (exact) mass is 316 g/mol. The molecule has 0 amide bonds. The van der Waals surface area contributed by atoms with E-state index in [9.17, 15) is 5.26 Å². The maximum atomic E-state index is 9.28. The maximum absolute atomic E-state index is 9.28. The van der Waals surface area contributed by atoms with Gasteiger partial charge in [0.2, 0.25) is 0 Å². The molecule has 0 aliphatic carbocycles. The summed E-state index contributed by atoms with van der Waals surface area (Å²) < 4.78 is 6.83. The molecule has 0 aliphatic rings. The Hall–Kier alpha value is -3.53. The number of rotatable bonds is 3. The molecular weight excluding hydrogens is 304 g/mol. The van der Waals surface area contributed by atoms with Crippen molar-refractivity contribution in [2.75, 3.05) is 0 Å². The van der Waals surface area contributed by atoms with E-state index in [0.29, 0.717) is 29.5 Å². The highest BCUT2D eigenvalue weighted by Gasteiger charge is 2.19. The molecule has 24 heavy (non-hydrogen) atoms. The van der Waals surface area contributed by atoms with E-state index in [1.54, 1.807) is 6.20 Å². The van der Waals surface area contributed by atoms with E-state index >= 15 is 0 Å². The van der Waals surface area contributed by atoms with Crippen molar-refractivity contribution >= 4 is 11.0 Å². The van der Waals surface area contributed by atoms with E-state index in [2.05, 4.69) is 26.4 Å². The van der Waals surface area contributed by atoms with Crippen LogP contribution in [0.3, 0.4) is 0 Å². The summed E-state index contributed by atoms with van der Waals surface area (Å²) in [7, 11) is 0. The number of pyridine rings is 1. The fraction of sp³-hybridized carbons (Fsp3) is 0.118. The van der Waals surface area contributed by atoms with Crippen molar-refractivity contribution < 1.29 is 4.63 Å². The Morgan fingerprint density at radius 1 is 1.17 bits per heavy atom. The summed E-state index contributed by atoms with van der Waals surface area (Å²) in [5.74, 6) is 0.655. The van der Waals surface area contributed by atoms with Gasteiger partial charge in [-0.1, -0.05) is 23.4 Å². The maximum Gasteiger partial charge on any atom is 0.173 e. The Kier molecular flexibility index (Phi) is 3.28. The average Bonchev–Trinajstić information content (AvgIpc) is 3.19. The summed E-state index contributed by atoms with van der Waals surface area (Å²) >= 11 is 0. The Bertz CT molecular complexity index is 1070. The van der Waals surface area contributed by atoms with Crippen LogP contribution in [0.25, 0.3) is 22.6 Å². The molecule has 116 valence electrons. The van der Waals surface area contributed by atoms with Gasteiger partial charge in [-0.05, 0) is 30.3 Å². The molecule has 0 N–H and O–H groups in total. The van der Waals surface area contributed by atoms with Crippen molar-refractivity contribution in [3.05, 3.63) is 59.5 Å². The van der Waals surface area contributed by atoms with Gasteiger partial charge in [0.25, 0.3) is 0 Å². The molecule has 0 saturated heterocycles. The second-order valence-corrected chi connectivity index (χ2v) is 5.33. The Morgan fingerprint density at radius 3 is 2.83 bits per heavy atom. The fourth-order valence-electron chi connectivity index (χ4n) is 2.69. The zero-order valence-corrected chi connectivity index (χ0v) is 12.8. The van der Waals surface area contributed by atoms with E-state index in [0.717, 1.165) is 16.6 Å². The Balaban J connectivity index is 1.94. The van der Waals surface area contributed by atoms with Gasteiger partial charge in [-0.25, -0.2) is 14.6 Å². The fourth-order valence-corrected chi connectivity index (χ4v) is 2.69. The van der Waals surface area contributed by atoms with Crippen molar-refractivity contribution in [2.45, 2.75) is 13.5 Å². The van der Waals surface area contributed by atoms with Crippen LogP contribution in [-0.2, 0) is 6.54 Å². The molecule has 0 atom stereocenters. The summed E-state index contributed by atoms with van der Waals surface area (Å²) in [6, 6.07) is 13.6. The van der Waals surface area contributed by atoms with Gasteiger partial charge in [0.1, 0.15) is 17.5 Å². The molecule has 0 bridgehead atoms. The van der Waals surface area contributed by atoms with Gasteiger partial charge in [-0.15, -0.1) is 0 Å². The number of para-hydroxylation sites is 2. The summed E-state index contributed by atoms with van der Waals surface area (Å²) in [6.45, 7) is 2.28. The number of hydrogen-bond acceptors (Lipinski definition) is 6. The minimum absolute atomic E-state index is 0.399. The SMILES string of the molecule is Cc1nonc1-c1nc2ccccc2n1Cc1cccnc1C#N. The zero-order chi connectivity index (χ0) is 16.5. The first-order valence-electron chi connectivity index (χ1n) is 7.36. The van der Waals surface area contributed by atoms with Crippen molar-refractivity contribution in [1.29, 1.82) is 5.26 Å². The molecule has 0 spiro atoms. The predicted octanol–water partition coefficient (Wildman–Crippen LogP) is 2.71. The van der Waals surface area contributed by atoms with Crippen molar-refractivity contribution in [3.8, 4) is 17.6 Å². The van der Waals surface area contributed by atoms with Gasteiger partial charge in [0, 0.05) is 11.8 Å². The normalized spacial score (nSPS) is 10.8. The molecule has 3 aromatic heterocycles. The number of nitrogens with zero attached hydrogens (tertiary/aromatic N) is 6. The lowest BCUT2D eigenvalue weighted by Crippen LogP contribution is -2.05. The molecule has 0 aliphatic heterocycles. The van der Waals surface area contributed by atoms with E-state index in [-0.39, 0.29) is 0 Å². The molecule has 0 fully saturated rings. The molecule has 7 heteroatoms.